The van der Waals surface area contributed by atoms with Crippen LogP contribution < -0.4 is 0 Å². The Morgan fingerprint density at radius 2 is 2.08 bits per heavy atom. The van der Waals surface area contributed by atoms with Crippen LogP contribution in [0.15, 0.2) is 36.5 Å². The van der Waals surface area contributed by atoms with Crippen LogP contribution in [0.2, 0.25) is 0 Å². The Bertz CT molecular complexity index is 398. The fourth-order valence-electron chi connectivity index (χ4n) is 1.19. The molecule has 0 aliphatic carbocycles. The average Bonchev–Trinajstić information content (AvgIpc) is 2.17. The van der Waals surface area contributed by atoms with Crippen LogP contribution in [0.5, 0.6) is 0 Å². The highest BCUT2D eigenvalue weighted by molar-refractivity contribution is 5.78. The average molecular weight is 161 g/mol. The largest absolute Gasteiger partial charge is 0.256 e. The number of para-hydroxylation sites is 1. The maximum absolute atomic E-state index is 12.2. The molecule has 1 aromatic heterocycles. The van der Waals surface area contributed by atoms with Crippen molar-refractivity contribution in [1.29, 1.82) is 0 Å². The second-order valence-electron chi connectivity index (χ2n) is 2.67. The van der Waals surface area contributed by atoms with Crippen LogP contribution in [0.3, 0.4) is 0 Å². The van der Waals surface area contributed by atoms with Crippen LogP contribution in [0.25, 0.3) is 10.9 Å². The first-order chi connectivity index (χ1) is 5.90. The topological polar surface area (TPSA) is 12.9 Å². The lowest BCUT2D eigenvalue weighted by Gasteiger charge is -1.97. The van der Waals surface area contributed by atoms with Gasteiger partial charge in [-0.2, -0.15) is 0 Å². The highest BCUT2D eigenvalue weighted by Crippen LogP contribution is 2.12. The molecule has 1 aromatic carbocycles. The molecule has 1 nitrogen and oxygen atoms in total. The van der Waals surface area contributed by atoms with Crippen molar-refractivity contribution in [3.63, 3.8) is 0 Å². The normalized spacial score (nSPS) is 10.4. The molecule has 0 aliphatic rings. The number of benzene rings is 1. The first kappa shape index (κ1) is 7.22. The summed E-state index contributed by atoms with van der Waals surface area (Å²) in [7, 11) is 0. The predicted octanol–water partition coefficient (Wildman–Crippen LogP) is 2.70. The van der Waals surface area contributed by atoms with Crippen molar-refractivity contribution >= 4 is 10.9 Å². The van der Waals surface area contributed by atoms with Gasteiger partial charge >= 0.3 is 0 Å². The fourth-order valence-corrected chi connectivity index (χ4v) is 1.19. The Kier molecular flexibility index (Phi) is 1.74. The van der Waals surface area contributed by atoms with Crippen molar-refractivity contribution in [2.75, 3.05) is 0 Å². The summed E-state index contributed by atoms with van der Waals surface area (Å²) in [6.45, 7) is -0.447. The molecule has 0 radical (unpaired) electrons. The second kappa shape index (κ2) is 2.89. The molecule has 0 unspecified atom stereocenters. The van der Waals surface area contributed by atoms with Crippen molar-refractivity contribution in [2.45, 2.75) is 6.67 Å². The minimum atomic E-state index is -0.447. The van der Waals surface area contributed by atoms with Crippen LogP contribution in [-0.2, 0) is 6.67 Å². The number of halogens is 1. The summed E-state index contributed by atoms with van der Waals surface area (Å²) in [5, 5.41) is 0.993. The number of hydrogen-bond donors (Lipinski definition) is 0. The lowest BCUT2D eigenvalue weighted by molar-refractivity contribution is 0.485. The molecule has 0 spiro atoms. The van der Waals surface area contributed by atoms with Gasteiger partial charge in [0.05, 0.1) is 5.52 Å². The minimum Gasteiger partial charge on any atom is -0.256 e. The van der Waals surface area contributed by atoms with Gasteiger partial charge < -0.3 is 0 Å². The van der Waals surface area contributed by atoms with Gasteiger partial charge in [0.15, 0.2) is 0 Å². The van der Waals surface area contributed by atoms with Crippen LogP contribution in [0.4, 0.5) is 4.39 Å². The van der Waals surface area contributed by atoms with E-state index in [2.05, 4.69) is 4.98 Å². The van der Waals surface area contributed by atoms with E-state index in [-0.39, 0.29) is 0 Å². The van der Waals surface area contributed by atoms with Gasteiger partial charge in [-0.25, -0.2) is 4.39 Å². The van der Waals surface area contributed by atoms with E-state index in [0.717, 1.165) is 10.9 Å². The van der Waals surface area contributed by atoms with Gasteiger partial charge in [-0.3, -0.25) is 4.98 Å². The molecule has 12 heavy (non-hydrogen) atoms. The maximum atomic E-state index is 12.2. The van der Waals surface area contributed by atoms with Crippen LogP contribution in [0, 0.1) is 0 Å². The fraction of sp³-hybridized carbons (Fsp3) is 0.100. The first-order valence-corrected chi connectivity index (χ1v) is 3.80. The summed E-state index contributed by atoms with van der Waals surface area (Å²) >= 11 is 0. The van der Waals surface area contributed by atoms with Gasteiger partial charge in [0.25, 0.3) is 0 Å². The summed E-state index contributed by atoms with van der Waals surface area (Å²) in [6.07, 6.45) is 1.57. The molecule has 2 rings (SSSR count). The van der Waals surface area contributed by atoms with E-state index < -0.39 is 6.67 Å². The summed E-state index contributed by atoms with van der Waals surface area (Å²) in [5.41, 5.74) is 1.54. The van der Waals surface area contributed by atoms with Crippen molar-refractivity contribution in [3.8, 4) is 0 Å². The van der Waals surface area contributed by atoms with Crippen LogP contribution in [-0.4, -0.2) is 4.98 Å². The lowest BCUT2D eigenvalue weighted by atomic mass is 10.2. The summed E-state index contributed by atoms with van der Waals surface area (Å²) in [4.78, 5) is 4.11. The highest BCUT2D eigenvalue weighted by atomic mass is 19.1. The number of alkyl halides is 1. The van der Waals surface area contributed by atoms with E-state index in [9.17, 15) is 4.39 Å². The molecule has 0 atom stereocenters. The third-order valence-electron chi connectivity index (χ3n) is 1.80. The van der Waals surface area contributed by atoms with E-state index in [4.69, 9.17) is 0 Å². The van der Waals surface area contributed by atoms with Crippen molar-refractivity contribution in [3.05, 3.63) is 42.1 Å². The third kappa shape index (κ3) is 1.16. The summed E-state index contributed by atoms with van der Waals surface area (Å²) in [5.74, 6) is 0. The molecule has 1 heterocycles. The van der Waals surface area contributed by atoms with E-state index >= 15 is 0 Å². The molecule has 0 amide bonds. The van der Waals surface area contributed by atoms with Gasteiger partial charge in [0, 0.05) is 17.1 Å². The van der Waals surface area contributed by atoms with E-state index in [1.165, 1.54) is 0 Å². The van der Waals surface area contributed by atoms with Crippen molar-refractivity contribution < 1.29 is 4.39 Å². The Morgan fingerprint density at radius 3 is 2.92 bits per heavy atom. The summed E-state index contributed by atoms with van der Waals surface area (Å²) < 4.78 is 12.2. The van der Waals surface area contributed by atoms with Gasteiger partial charge in [-0.05, 0) is 12.1 Å². The number of aromatic nitrogens is 1. The molecule has 0 saturated carbocycles. The monoisotopic (exact) mass is 161 g/mol. The van der Waals surface area contributed by atoms with Gasteiger partial charge in [-0.1, -0.05) is 18.2 Å². The molecule has 0 saturated heterocycles. The van der Waals surface area contributed by atoms with Crippen LogP contribution >= 0.6 is 0 Å². The molecule has 0 bridgehead atoms. The molecular weight excluding hydrogens is 153 g/mol. The zero-order valence-corrected chi connectivity index (χ0v) is 6.50. The number of rotatable bonds is 1. The Hall–Kier alpha value is -1.44. The molecule has 60 valence electrons. The molecule has 2 aromatic rings. The van der Waals surface area contributed by atoms with E-state index in [1.54, 1.807) is 6.20 Å². The van der Waals surface area contributed by atoms with Crippen molar-refractivity contribution in [2.24, 2.45) is 0 Å². The first-order valence-electron chi connectivity index (χ1n) is 3.80. The number of hydrogen-bond acceptors (Lipinski definition) is 1. The summed E-state index contributed by atoms with van der Waals surface area (Å²) in [6, 6.07) is 9.51. The lowest BCUT2D eigenvalue weighted by Crippen LogP contribution is -1.82. The van der Waals surface area contributed by atoms with Gasteiger partial charge in [0.2, 0.25) is 0 Å². The Labute approximate surface area is 69.9 Å². The van der Waals surface area contributed by atoms with Crippen molar-refractivity contribution in [1.82, 2.24) is 4.98 Å². The third-order valence-corrected chi connectivity index (χ3v) is 1.80. The number of pyridine rings is 1. The van der Waals surface area contributed by atoms with E-state index in [1.807, 2.05) is 30.3 Å². The Morgan fingerprint density at radius 1 is 1.25 bits per heavy atom. The molecule has 0 fully saturated rings. The van der Waals surface area contributed by atoms with E-state index in [0.29, 0.717) is 5.56 Å². The highest BCUT2D eigenvalue weighted by Gasteiger charge is 1.95. The van der Waals surface area contributed by atoms with Crippen LogP contribution in [0.1, 0.15) is 5.56 Å². The standard InChI is InChI=1S/C10H8FN/c11-6-8-5-9-3-1-2-4-10(9)12-7-8/h1-5,7H,6H2. The number of nitrogens with zero attached hydrogens (tertiary/aromatic N) is 1. The SMILES string of the molecule is FCc1cnc2ccccc2c1. The zero-order valence-electron chi connectivity index (χ0n) is 6.50. The molecule has 2 heteroatoms. The molecule has 0 N–H and O–H groups in total. The van der Waals surface area contributed by atoms with Gasteiger partial charge in [0.1, 0.15) is 6.67 Å². The Balaban J connectivity index is 2.67. The maximum Gasteiger partial charge on any atom is 0.116 e. The quantitative estimate of drug-likeness (QED) is 0.626. The minimum absolute atomic E-state index is 0.447. The zero-order chi connectivity index (χ0) is 8.39. The van der Waals surface area contributed by atoms with Gasteiger partial charge in [-0.15, -0.1) is 0 Å². The predicted molar refractivity (Wildman–Crippen MR) is 46.6 cm³/mol. The smallest absolute Gasteiger partial charge is 0.116 e. The second-order valence-corrected chi connectivity index (χ2v) is 2.67. The number of fused-ring (bicyclic) bond motifs is 1. The molecule has 0 aliphatic heterocycles. The molecular formula is C10H8FN.